The average Bonchev–Trinajstić information content (AvgIpc) is 3.10. The van der Waals surface area contributed by atoms with Crippen LogP contribution in [0.25, 0.3) is 11.1 Å². The van der Waals surface area contributed by atoms with Crippen molar-refractivity contribution in [3.8, 4) is 11.1 Å². The smallest absolute Gasteiger partial charge is 0.0642 e. The molecule has 2 nitrogen and oxygen atoms in total. The van der Waals surface area contributed by atoms with Gasteiger partial charge in [-0.25, -0.2) is 0 Å². The molecule has 0 bridgehead atoms. The molecule has 2 heteroatoms. The Morgan fingerprint density at radius 2 is 1.10 bits per heavy atom. The lowest BCUT2D eigenvalue weighted by atomic mass is 9.90. The summed E-state index contributed by atoms with van der Waals surface area (Å²) in [7, 11) is 0. The Morgan fingerprint density at radius 3 is 1.73 bits per heavy atom. The third-order valence-electron chi connectivity index (χ3n) is 9.91. The van der Waals surface area contributed by atoms with Crippen molar-refractivity contribution >= 4 is 23.3 Å². The zero-order chi connectivity index (χ0) is 34.4. The Balaban J connectivity index is 1.83. The minimum atomic E-state index is 0.941. The van der Waals surface area contributed by atoms with Crippen molar-refractivity contribution in [1.29, 1.82) is 0 Å². The first kappa shape index (κ1) is 39.4. The summed E-state index contributed by atoms with van der Waals surface area (Å²) in [5, 5.41) is 0. The molecule has 0 saturated carbocycles. The van der Waals surface area contributed by atoms with Crippen LogP contribution in [-0.2, 0) is 25.7 Å². The van der Waals surface area contributed by atoms with Gasteiger partial charge in [0.15, 0.2) is 0 Å². The molecule has 0 amide bonds. The van der Waals surface area contributed by atoms with E-state index in [1.807, 2.05) is 6.21 Å². The third kappa shape index (κ3) is 13.9. The van der Waals surface area contributed by atoms with Crippen molar-refractivity contribution in [2.45, 2.75) is 170 Å². The first-order valence-corrected chi connectivity index (χ1v) is 19.9. The van der Waals surface area contributed by atoms with Gasteiger partial charge in [0.2, 0.25) is 0 Å². The highest BCUT2D eigenvalue weighted by Crippen LogP contribution is 2.33. The fourth-order valence-corrected chi connectivity index (χ4v) is 7.09. The van der Waals surface area contributed by atoms with Gasteiger partial charge in [0, 0.05) is 6.21 Å². The summed E-state index contributed by atoms with van der Waals surface area (Å²) in [5.41, 5.74) is 13.1. The van der Waals surface area contributed by atoms with Gasteiger partial charge < -0.3 is 0 Å². The van der Waals surface area contributed by atoms with Crippen molar-refractivity contribution in [3.05, 3.63) is 82.4 Å². The van der Waals surface area contributed by atoms with Crippen LogP contribution >= 0.6 is 0 Å². The van der Waals surface area contributed by atoms with Gasteiger partial charge in [-0.3, -0.25) is 9.98 Å². The zero-order valence-electron chi connectivity index (χ0n) is 31.8. The molecule has 262 valence electrons. The summed E-state index contributed by atoms with van der Waals surface area (Å²) in [6, 6.07) is 20.2. The van der Waals surface area contributed by atoms with Crippen LogP contribution in [0.2, 0.25) is 0 Å². The number of hydrogen-bond acceptors (Lipinski definition) is 2. The molecule has 0 aromatic heterocycles. The maximum atomic E-state index is 5.08. The van der Waals surface area contributed by atoms with Crippen molar-refractivity contribution in [2.75, 3.05) is 0 Å². The van der Waals surface area contributed by atoms with E-state index in [2.05, 4.69) is 96.1 Å². The minimum absolute atomic E-state index is 0.941. The molecule has 0 heterocycles. The molecule has 0 saturated heterocycles. The first-order valence-electron chi connectivity index (χ1n) is 19.9. The summed E-state index contributed by atoms with van der Waals surface area (Å²) in [6.07, 6.45) is 27.8. The molecule has 0 N–H and O–H groups in total. The van der Waals surface area contributed by atoms with Crippen LogP contribution in [0.3, 0.4) is 0 Å². The van der Waals surface area contributed by atoms with Gasteiger partial charge in [0.05, 0.1) is 17.1 Å². The number of aliphatic imine (C=N–C) groups is 2. The molecule has 0 unspecified atom stereocenters. The van der Waals surface area contributed by atoms with E-state index in [1.54, 1.807) is 5.56 Å². The maximum Gasteiger partial charge on any atom is 0.0642 e. The van der Waals surface area contributed by atoms with Gasteiger partial charge >= 0.3 is 0 Å². The Morgan fingerprint density at radius 1 is 0.562 bits per heavy atom. The van der Waals surface area contributed by atoms with Gasteiger partial charge in [-0.05, 0) is 122 Å². The van der Waals surface area contributed by atoms with Crippen LogP contribution in [0, 0.1) is 6.92 Å². The maximum absolute atomic E-state index is 5.08. The van der Waals surface area contributed by atoms with E-state index >= 15 is 0 Å². The topological polar surface area (TPSA) is 24.7 Å². The molecule has 3 rings (SSSR count). The SMILES string of the molecule is CCCCCCCCc1cc(N=CC(C)=Nc2cc(C)c(CCCCCC)c(-c3ccccc3)c2)cc(CC)c1CCCCCCCC. The highest BCUT2D eigenvalue weighted by atomic mass is 14.8. The lowest BCUT2D eigenvalue weighted by molar-refractivity contribution is 0.598. The minimum Gasteiger partial charge on any atom is -0.255 e. The highest BCUT2D eigenvalue weighted by molar-refractivity contribution is 6.30. The predicted octanol–water partition coefficient (Wildman–Crippen LogP) is 14.6. The summed E-state index contributed by atoms with van der Waals surface area (Å²) in [6.45, 7) is 13.5. The zero-order valence-corrected chi connectivity index (χ0v) is 31.8. The largest absolute Gasteiger partial charge is 0.255 e. The second-order valence-corrected chi connectivity index (χ2v) is 14.1. The number of rotatable bonds is 24. The van der Waals surface area contributed by atoms with Gasteiger partial charge in [-0.2, -0.15) is 0 Å². The fraction of sp³-hybridized carbons (Fsp3) is 0.565. The average molecular weight is 649 g/mol. The number of nitrogens with zero attached hydrogens (tertiary/aromatic N) is 2. The van der Waals surface area contributed by atoms with Crippen LogP contribution < -0.4 is 0 Å². The number of aryl methyl sites for hydroxylation is 3. The van der Waals surface area contributed by atoms with Crippen LogP contribution in [0.5, 0.6) is 0 Å². The molecule has 48 heavy (non-hydrogen) atoms. The van der Waals surface area contributed by atoms with Crippen molar-refractivity contribution in [2.24, 2.45) is 9.98 Å². The molecule has 3 aromatic rings. The van der Waals surface area contributed by atoms with E-state index in [0.29, 0.717) is 0 Å². The summed E-state index contributed by atoms with van der Waals surface area (Å²) in [5.74, 6) is 0. The van der Waals surface area contributed by atoms with Gasteiger partial charge in [-0.15, -0.1) is 0 Å². The molecule has 0 atom stereocenters. The van der Waals surface area contributed by atoms with E-state index in [0.717, 1.165) is 29.9 Å². The Bertz CT molecular complexity index is 1380. The van der Waals surface area contributed by atoms with Crippen LogP contribution in [0.1, 0.15) is 165 Å². The monoisotopic (exact) mass is 649 g/mol. The van der Waals surface area contributed by atoms with Crippen LogP contribution in [0.15, 0.2) is 64.6 Å². The Kier molecular flexibility index (Phi) is 19.2. The second-order valence-electron chi connectivity index (χ2n) is 14.1. The standard InChI is InChI=1S/C46H68N2/c1-7-11-14-17-19-22-29-41-34-42(33-39(10-4)45(41)31-26-20-18-15-12-8-2)47-36-38(6)48-43-32-37(5)44(30-25-16-13-9-3)46(35-43)40-27-23-21-24-28-40/h21,23-24,27-28,32-36H,7-20,22,25-26,29-31H2,1-6H3. The Labute approximate surface area is 296 Å². The van der Waals surface area contributed by atoms with E-state index in [9.17, 15) is 0 Å². The van der Waals surface area contributed by atoms with Crippen molar-refractivity contribution in [3.63, 3.8) is 0 Å². The van der Waals surface area contributed by atoms with Crippen molar-refractivity contribution < 1.29 is 0 Å². The highest BCUT2D eigenvalue weighted by Gasteiger charge is 2.12. The molecule has 0 aliphatic rings. The van der Waals surface area contributed by atoms with Gasteiger partial charge in [0.1, 0.15) is 0 Å². The van der Waals surface area contributed by atoms with E-state index in [1.165, 1.54) is 149 Å². The number of unbranched alkanes of at least 4 members (excludes halogenated alkanes) is 13. The second kappa shape index (κ2) is 23.4. The van der Waals surface area contributed by atoms with Gasteiger partial charge in [0.25, 0.3) is 0 Å². The molecule has 0 radical (unpaired) electrons. The third-order valence-corrected chi connectivity index (χ3v) is 9.91. The Hall–Kier alpha value is -3.00. The quantitative estimate of drug-likeness (QED) is 0.0682. The molecule has 0 spiro atoms. The van der Waals surface area contributed by atoms with E-state index < -0.39 is 0 Å². The molecule has 3 aromatic carbocycles. The number of benzene rings is 3. The van der Waals surface area contributed by atoms with Crippen molar-refractivity contribution in [1.82, 2.24) is 0 Å². The molecular formula is C46H68N2. The molecule has 0 aliphatic carbocycles. The summed E-state index contributed by atoms with van der Waals surface area (Å²) < 4.78 is 0. The number of hydrogen-bond donors (Lipinski definition) is 0. The fourth-order valence-electron chi connectivity index (χ4n) is 7.09. The molecular weight excluding hydrogens is 581 g/mol. The summed E-state index contributed by atoms with van der Waals surface area (Å²) in [4.78, 5) is 10.1. The van der Waals surface area contributed by atoms with Crippen LogP contribution in [-0.4, -0.2) is 11.9 Å². The molecule has 0 aliphatic heterocycles. The van der Waals surface area contributed by atoms with E-state index in [4.69, 9.17) is 9.98 Å². The van der Waals surface area contributed by atoms with Crippen LogP contribution in [0.4, 0.5) is 11.4 Å². The molecule has 0 fully saturated rings. The van der Waals surface area contributed by atoms with E-state index in [-0.39, 0.29) is 0 Å². The lowest BCUT2D eigenvalue weighted by Crippen LogP contribution is -2.02. The lowest BCUT2D eigenvalue weighted by Gasteiger charge is -2.16. The summed E-state index contributed by atoms with van der Waals surface area (Å²) >= 11 is 0. The van der Waals surface area contributed by atoms with Gasteiger partial charge in [-0.1, -0.05) is 141 Å². The normalized spacial score (nSPS) is 12.0. The first-order chi connectivity index (χ1) is 23.5. The predicted molar refractivity (Wildman–Crippen MR) is 215 cm³/mol.